The van der Waals surface area contributed by atoms with Gasteiger partial charge in [0.15, 0.2) is 18.9 Å². The largest absolute Gasteiger partial charge is 0.477 e. The minimum absolute atomic E-state index is 0.891. The number of aliphatic carboxylic acids is 3. The molecule has 42 heteroatoms. The number of hydrogen-bond donors (Lipinski definition) is 25. The molecule has 85 heavy (non-hydrogen) atoms. The predicted molar refractivity (Wildman–Crippen MR) is 254 cm³/mol. The second-order valence-electron chi connectivity index (χ2n) is 20.9. The van der Waals surface area contributed by atoms with Gasteiger partial charge in [-0.3, -0.25) is 4.52 Å². The Morgan fingerprint density at radius 3 is 1.54 bits per heavy atom. The van der Waals surface area contributed by atoms with Gasteiger partial charge in [0.2, 0.25) is 0 Å². The van der Waals surface area contributed by atoms with Crippen molar-refractivity contribution < 1.29 is 193 Å². The third-order valence-corrected chi connectivity index (χ3v) is 15.5. The molecule has 31 atom stereocenters. The Bertz CT molecular complexity index is 2270. The number of phosphoric acid groups is 1. The lowest BCUT2D eigenvalue weighted by molar-refractivity contribution is -0.407. The van der Waals surface area contributed by atoms with Crippen molar-refractivity contribution in [3.63, 3.8) is 0 Å². The molecule has 6 fully saturated rings. The van der Waals surface area contributed by atoms with Gasteiger partial charge in [-0.1, -0.05) is 0 Å². The highest BCUT2D eigenvalue weighted by atomic mass is 31.2. The third kappa shape index (κ3) is 15.2. The number of aliphatic hydroxyl groups excluding tert-OH is 18. The van der Waals surface area contributed by atoms with E-state index in [-0.39, 0.29) is 0 Å². The Balaban J connectivity index is 1.46. The van der Waals surface area contributed by atoms with Crippen LogP contribution in [0.15, 0.2) is 0 Å². The Morgan fingerprint density at radius 2 is 1.00 bits per heavy atom. The van der Waals surface area contributed by atoms with Gasteiger partial charge < -0.3 is 181 Å². The van der Waals surface area contributed by atoms with Gasteiger partial charge in [-0.05, 0) is 0 Å². The molecule has 0 amide bonds. The number of phosphoric ester groups is 1. The van der Waals surface area contributed by atoms with E-state index in [1.165, 1.54) is 0 Å². The molecule has 0 saturated carbocycles. The molecular weight excluding hydrogens is 1200 g/mol. The molecule has 6 rings (SSSR count). The first-order valence-corrected chi connectivity index (χ1v) is 27.3. The number of carboxylic acids is 3. The molecule has 0 aromatic carbocycles. The fourth-order valence-corrected chi connectivity index (χ4v) is 10.9. The fraction of sp³-hybridized carbons (Fsp3) is 0.930. The van der Waals surface area contributed by atoms with E-state index in [2.05, 4.69) is 0 Å². The number of nitrogens with two attached hydrogens (primary N) is 2. The summed E-state index contributed by atoms with van der Waals surface area (Å²) in [6, 6.07) is -3.44. The topological polar surface area (TPSA) is 696 Å². The maximum atomic E-state index is 13.9. The van der Waals surface area contributed by atoms with Crippen LogP contribution in [0.3, 0.4) is 0 Å². The third-order valence-electron chi connectivity index (χ3n) is 15.0. The van der Waals surface area contributed by atoms with Crippen LogP contribution in [-0.4, -0.2) is 363 Å². The molecule has 0 aromatic heterocycles. The van der Waals surface area contributed by atoms with Crippen molar-refractivity contribution in [2.75, 3.05) is 39.6 Å². The minimum Gasteiger partial charge on any atom is -0.477 e. The quantitative estimate of drug-likeness (QED) is 0.0377. The van der Waals surface area contributed by atoms with Gasteiger partial charge in [0.1, 0.15) is 122 Å². The van der Waals surface area contributed by atoms with E-state index in [1.807, 2.05) is 0 Å². The monoisotopic (exact) mass is 1270 g/mol. The summed E-state index contributed by atoms with van der Waals surface area (Å²) in [4.78, 5) is 60.5. The molecule has 6 aliphatic heterocycles. The van der Waals surface area contributed by atoms with Crippen molar-refractivity contribution in [3.05, 3.63) is 0 Å². The predicted octanol–water partition coefficient (Wildman–Crippen LogP) is -15.2. The molecule has 6 heterocycles. The van der Waals surface area contributed by atoms with Crippen LogP contribution in [0.2, 0.25) is 0 Å². The molecule has 0 radical (unpaired) electrons. The number of aliphatic hydroxyl groups is 18. The summed E-state index contributed by atoms with van der Waals surface area (Å²) in [7, 11) is -5.77. The average Bonchev–Trinajstić information content (AvgIpc) is 3.16. The molecule has 0 bridgehead atoms. The number of rotatable bonds is 25. The normalized spacial score (nSPS) is 46.2. The lowest BCUT2D eigenvalue weighted by atomic mass is 9.88. The number of carbonyl (C=O) groups is 3. The zero-order valence-electron chi connectivity index (χ0n) is 43.9. The van der Waals surface area contributed by atoms with E-state index in [9.17, 15) is 136 Å². The SMILES string of the molecule is N[C@@H]1[C@@H](O)[C@H](O)[C@@H](CO[C@@H]2O[C@H](CO[C@]3(C(=O)O)C[C@@H](O[C@]4(C(=O)O)C[C@@H](O[C@]5(C(=O)O)C[C@@H](O)[C@@H](O)[C@@H]([C@H](O)CO)O5)[C@@H](O)[C@@H]([C@H](O)CO)O4)[C@@H](OC4OC(C(O)CO)C(O)C(O)C4O)[C@@H]([C@H](O)CO)O3)[C@@H](OP(=O)(O)O)[C@H](O)[C@H]2N)O[C@@H]1O. The lowest BCUT2D eigenvalue weighted by Crippen LogP contribution is -2.71. The zero-order chi connectivity index (χ0) is 63.7. The van der Waals surface area contributed by atoms with Crippen LogP contribution < -0.4 is 11.5 Å². The van der Waals surface area contributed by atoms with Gasteiger partial charge >= 0.3 is 25.7 Å². The van der Waals surface area contributed by atoms with Crippen LogP contribution in [0, 0.1) is 0 Å². The molecule has 6 unspecified atom stereocenters. The Morgan fingerprint density at radius 1 is 0.506 bits per heavy atom. The maximum absolute atomic E-state index is 13.9. The van der Waals surface area contributed by atoms with Gasteiger partial charge in [-0.25, -0.2) is 18.9 Å². The summed E-state index contributed by atoms with van der Waals surface area (Å²) >= 11 is 0. The first-order chi connectivity index (χ1) is 39.6. The molecule has 41 nitrogen and oxygen atoms in total. The Hall–Kier alpha value is -2.72. The first-order valence-electron chi connectivity index (χ1n) is 25.8. The van der Waals surface area contributed by atoms with Gasteiger partial charge in [0.25, 0.3) is 17.4 Å². The van der Waals surface area contributed by atoms with E-state index < -0.39 is 273 Å². The van der Waals surface area contributed by atoms with Crippen molar-refractivity contribution in [1.82, 2.24) is 0 Å². The molecule has 27 N–H and O–H groups in total. The molecule has 0 aromatic rings. The van der Waals surface area contributed by atoms with Crippen LogP contribution in [0.25, 0.3) is 0 Å². The van der Waals surface area contributed by atoms with Gasteiger partial charge in [-0.2, -0.15) is 0 Å². The van der Waals surface area contributed by atoms with Crippen LogP contribution >= 0.6 is 7.82 Å². The summed E-state index contributed by atoms with van der Waals surface area (Å²) in [6.07, 6.45) is -64.2. The summed E-state index contributed by atoms with van der Waals surface area (Å²) in [6.45, 7) is -7.84. The average molecular weight is 1270 g/mol. The van der Waals surface area contributed by atoms with Crippen molar-refractivity contribution in [1.29, 1.82) is 0 Å². The van der Waals surface area contributed by atoms with Crippen molar-refractivity contribution in [2.45, 2.75) is 208 Å². The standard InChI is InChI=1S/C43H73N2O39P/c44-19-24(58)22(56)17(75-35(19)63)8-73-36-20(45)25(59)33(84-85(70,71)72)18(76-36)9-74-41(38(64)65)3-16(34(32(83-41)14(54)7-49)78-37-28(62)26(60)27(61)29(77-37)11(51)4-46)80-43(40(68)69)2-15(23(57)31(82-43)13(53)6-48)79-42(39(66)67)1-10(50)21(55)30(81-42)12(52)5-47/h10-37,46-63H,1-9,44-45H2,(H,64,65)(H,66,67)(H,68,69)(H2,70,71,72)/t10-,11?,12-,13-,14-,15-,16-,17-,18-,19-,20-,21-,22-,23-,24-,25-,26?,27?,28?,29?,30-,31-,32-,33-,34-,35+,36-,37?,41-,42-,43-/m1/s1. The summed E-state index contributed by atoms with van der Waals surface area (Å²) in [5.41, 5.74) is 11.7. The minimum atomic E-state index is -5.77. The van der Waals surface area contributed by atoms with Crippen LogP contribution in [0.4, 0.5) is 0 Å². The van der Waals surface area contributed by atoms with Crippen LogP contribution in [0.5, 0.6) is 0 Å². The summed E-state index contributed by atoms with van der Waals surface area (Å²) in [5, 5.41) is 224. The van der Waals surface area contributed by atoms with Crippen molar-refractivity contribution in [2.24, 2.45) is 11.5 Å². The first kappa shape index (κ1) is 71.4. The van der Waals surface area contributed by atoms with E-state index >= 15 is 0 Å². The van der Waals surface area contributed by atoms with Crippen LogP contribution in [-0.2, 0) is 75.6 Å². The Labute approximate surface area is 476 Å². The van der Waals surface area contributed by atoms with Crippen LogP contribution in [0.1, 0.15) is 19.3 Å². The fourth-order valence-electron chi connectivity index (χ4n) is 10.3. The molecular formula is C43H73N2O39P. The van der Waals surface area contributed by atoms with E-state index in [4.69, 9.17) is 68.1 Å². The van der Waals surface area contributed by atoms with Crippen molar-refractivity contribution in [3.8, 4) is 0 Å². The highest BCUT2D eigenvalue weighted by molar-refractivity contribution is 7.46. The van der Waals surface area contributed by atoms with E-state index in [1.54, 1.807) is 0 Å². The number of ether oxygens (including phenoxy) is 11. The second kappa shape index (κ2) is 28.6. The maximum Gasteiger partial charge on any atom is 0.470 e. The molecule has 494 valence electrons. The highest BCUT2D eigenvalue weighted by Crippen LogP contribution is 2.46. The van der Waals surface area contributed by atoms with Gasteiger partial charge in [0, 0.05) is 19.3 Å². The zero-order valence-corrected chi connectivity index (χ0v) is 44.8. The summed E-state index contributed by atoms with van der Waals surface area (Å²) < 4.78 is 79.1. The summed E-state index contributed by atoms with van der Waals surface area (Å²) in [5.74, 6) is -17.8. The highest BCUT2D eigenvalue weighted by Gasteiger charge is 2.65. The Kier molecular flexibility index (Phi) is 24.0. The molecule has 6 saturated heterocycles. The molecule has 6 aliphatic rings. The molecule has 0 spiro atoms. The van der Waals surface area contributed by atoms with E-state index in [0.717, 1.165) is 0 Å². The number of hydrogen-bond acceptors (Lipinski definition) is 36. The smallest absolute Gasteiger partial charge is 0.470 e. The second-order valence-corrected chi connectivity index (χ2v) is 22.1. The van der Waals surface area contributed by atoms with Gasteiger partial charge in [0.05, 0.1) is 70.0 Å². The molecule has 0 aliphatic carbocycles. The lowest BCUT2D eigenvalue weighted by Gasteiger charge is -2.53. The van der Waals surface area contributed by atoms with E-state index in [0.29, 0.717) is 0 Å². The van der Waals surface area contributed by atoms with Gasteiger partial charge in [-0.15, -0.1) is 0 Å². The van der Waals surface area contributed by atoms with Crippen molar-refractivity contribution >= 4 is 25.7 Å². The number of carboxylic acid groups (broad SMARTS) is 3.